The zero-order valence-corrected chi connectivity index (χ0v) is 28.6. The number of nitrogens with zero attached hydrogens (tertiary/aromatic N) is 2. The van der Waals surface area contributed by atoms with Crippen LogP contribution in [0.25, 0.3) is 0 Å². The SMILES string of the molecule is CCOc1ccc(N(CC(=O)N(Cc2ccc(Br)cc2)C(Cc2ccccc2)C(=O)NC)S(=O)(=O)c2ccc(SC)cc2)cc1. The molecule has 11 heteroatoms. The van der Waals surface area contributed by atoms with E-state index in [0.29, 0.717) is 18.0 Å². The molecule has 0 fully saturated rings. The topological polar surface area (TPSA) is 96.0 Å². The van der Waals surface area contributed by atoms with Crippen LogP contribution >= 0.6 is 27.7 Å². The molecular formula is C34H36BrN3O5S2. The monoisotopic (exact) mass is 709 g/mol. The van der Waals surface area contributed by atoms with E-state index in [-0.39, 0.29) is 23.8 Å². The Bertz CT molecular complexity index is 1670. The summed E-state index contributed by atoms with van der Waals surface area (Å²) >= 11 is 4.95. The van der Waals surface area contributed by atoms with Crippen molar-refractivity contribution in [2.24, 2.45) is 0 Å². The third-order valence-corrected chi connectivity index (χ3v) is 10.2. The molecule has 0 spiro atoms. The van der Waals surface area contributed by atoms with Gasteiger partial charge in [-0.05, 0) is 85.0 Å². The minimum atomic E-state index is -4.19. The van der Waals surface area contributed by atoms with E-state index in [1.165, 1.54) is 35.8 Å². The van der Waals surface area contributed by atoms with Crippen molar-refractivity contribution in [3.63, 3.8) is 0 Å². The molecule has 4 aromatic rings. The number of hydrogen-bond donors (Lipinski definition) is 1. The van der Waals surface area contributed by atoms with Crippen molar-refractivity contribution < 1.29 is 22.7 Å². The molecule has 1 atom stereocenters. The fraction of sp³-hybridized carbons (Fsp3) is 0.235. The summed E-state index contributed by atoms with van der Waals surface area (Å²) in [5.41, 5.74) is 1.95. The molecule has 236 valence electrons. The zero-order valence-electron chi connectivity index (χ0n) is 25.4. The quantitative estimate of drug-likeness (QED) is 0.158. The number of hydrogen-bond acceptors (Lipinski definition) is 6. The maximum Gasteiger partial charge on any atom is 0.264 e. The number of halogens is 1. The van der Waals surface area contributed by atoms with Crippen molar-refractivity contribution in [1.82, 2.24) is 10.2 Å². The molecule has 0 aliphatic heterocycles. The van der Waals surface area contributed by atoms with Crippen molar-refractivity contribution in [3.05, 3.63) is 119 Å². The van der Waals surface area contributed by atoms with Gasteiger partial charge in [-0.2, -0.15) is 0 Å². The highest BCUT2D eigenvalue weighted by molar-refractivity contribution is 9.10. The Kier molecular flexibility index (Phi) is 12.1. The average Bonchev–Trinajstić information content (AvgIpc) is 3.06. The van der Waals surface area contributed by atoms with E-state index in [1.54, 1.807) is 36.4 Å². The average molecular weight is 711 g/mol. The number of likely N-dealkylation sites (N-methyl/N-ethyl adjacent to an activating group) is 1. The molecule has 0 aliphatic carbocycles. The number of carbonyl (C=O) groups is 2. The molecule has 0 saturated carbocycles. The minimum Gasteiger partial charge on any atom is -0.494 e. The fourth-order valence-electron chi connectivity index (χ4n) is 4.79. The second-order valence-electron chi connectivity index (χ2n) is 10.1. The van der Waals surface area contributed by atoms with Crippen LogP contribution < -0.4 is 14.4 Å². The van der Waals surface area contributed by atoms with Gasteiger partial charge in [0.2, 0.25) is 11.8 Å². The van der Waals surface area contributed by atoms with Gasteiger partial charge in [0, 0.05) is 29.4 Å². The summed E-state index contributed by atoms with van der Waals surface area (Å²) in [6.45, 7) is 1.88. The zero-order chi connectivity index (χ0) is 32.4. The molecule has 0 aromatic heterocycles. The van der Waals surface area contributed by atoms with Gasteiger partial charge in [-0.25, -0.2) is 8.42 Å². The molecule has 4 rings (SSSR count). The second-order valence-corrected chi connectivity index (χ2v) is 13.7. The van der Waals surface area contributed by atoms with Crippen LogP contribution in [0.5, 0.6) is 5.75 Å². The lowest BCUT2D eigenvalue weighted by Gasteiger charge is -2.33. The van der Waals surface area contributed by atoms with Crippen LogP contribution in [0.2, 0.25) is 0 Å². The van der Waals surface area contributed by atoms with Crippen LogP contribution in [0.4, 0.5) is 5.69 Å². The van der Waals surface area contributed by atoms with Gasteiger partial charge in [0.25, 0.3) is 10.0 Å². The highest BCUT2D eigenvalue weighted by atomic mass is 79.9. The normalized spacial score (nSPS) is 11.8. The van der Waals surface area contributed by atoms with Crippen LogP contribution in [0.3, 0.4) is 0 Å². The summed E-state index contributed by atoms with van der Waals surface area (Å²) in [6, 6.07) is 29.1. The number of thioether (sulfide) groups is 1. The highest BCUT2D eigenvalue weighted by Gasteiger charge is 2.34. The molecular weight excluding hydrogens is 674 g/mol. The van der Waals surface area contributed by atoms with E-state index < -0.39 is 28.5 Å². The molecule has 2 amide bonds. The van der Waals surface area contributed by atoms with Gasteiger partial charge in [0.05, 0.1) is 17.2 Å². The number of ether oxygens (including phenoxy) is 1. The Morgan fingerprint density at radius 2 is 1.53 bits per heavy atom. The summed E-state index contributed by atoms with van der Waals surface area (Å²) < 4.78 is 35.9. The number of benzene rings is 4. The van der Waals surface area contributed by atoms with E-state index in [0.717, 1.165) is 24.8 Å². The number of amides is 2. The highest BCUT2D eigenvalue weighted by Crippen LogP contribution is 2.28. The van der Waals surface area contributed by atoms with Gasteiger partial charge in [0.15, 0.2) is 0 Å². The summed E-state index contributed by atoms with van der Waals surface area (Å²) in [5, 5.41) is 2.70. The van der Waals surface area contributed by atoms with Gasteiger partial charge >= 0.3 is 0 Å². The molecule has 4 aromatic carbocycles. The molecule has 0 saturated heterocycles. The molecule has 8 nitrogen and oxygen atoms in total. The number of anilines is 1. The van der Waals surface area contributed by atoms with E-state index in [9.17, 15) is 18.0 Å². The first-order chi connectivity index (χ1) is 21.7. The van der Waals surface area contributed by atoms with E-state index in [2.05, 4.69) is 21.2 Å². The molecule has 1 N–H and O–H groups in total. The van der Waals surface area contributed by atoms with Crippen LogP contribution in [0, 0.1) is 0 Å². The van der Waals surface area contributed by atoms with Crippen LogP contribution in [-0.2, 0) is 32.6 Å². The summed E-state index contributed by atoms with van der Waals surface area (Å²) in [6.07, 6.45) is 2.15. The maximum atomic E-state index is 14.4. The Hall–Kier alpha value is -3.80. The standard InChI is InChI=1S/C34H36BrN3O5S2/c1-4-43-29-16-14-28(15-17-29)38(45(41,42)31-20-18-30(44-3)19-21-31)24-33(39)37(23-26-10-12-27(35)13-11-26)32(34(40)36-2)22-25-8-6-5-7-9-25/h5-21,32H,4,22-24H2,1-3H3,(H,36,40). The van der Waals surface area contributed by atoms with Crippen molar-refractivity contribution in [2.75, 3.05) is 30.8 Å². The smallest absolute Gasteiger partial charge is 0.264 e. The van der Waals surface area contributed by atoms with E-state index in [4.69, 9.17) is 4.74 Å². The van der Waals surface area contributed by atoms with Crippen molar-refractivity contribution in [2.45, 2.75) is 35.7 Å². The molecule has 0 bridgehead atoms. The number of carbonyl (C=O) groups excluding carboxylic acids is 2. The summed E-state index contributed by atoms with van der Waals surface area (Å²) in [5.74, 6) is -0.304. The largest absolute Gasteiger partial charge is 0.494 e. The number of nitrogens with one attached hydrogen (secondary N) is 1. The number of rotatable bonds is 14. The Labute approximate surface area is 278 Å². The Balaban J connectivity index is 1.78. The van der Waals surface area contributed by atoms with Gasteiger partial charge in [-0.1, -0.05) is 58.4 Å². The molecule has 45 heavy (non-hydrogen) atoms. The van der Waals surface area contributed by atoms with Crippen molar-refractivity contribution in [3.8, 4) is 5.75 Å². The predicted octanol–water partition coefficient (Wildman–Crippen LogP) is 6.15. The predicted molar refractivity (Wildman–Crippen MR) is 183 cm³/mol. The molecule has 0 radical (unpaired) electrons. The molecule has 0 heterocycles. The second kappa shape index (κ2) is 16.0. The third kappa shape index (κ3) is 8.90. The maximum absolute atomic E-state index is 14.4. The first-order valence-electron chi connectivity index (χ1n) is 14.3. The van der Waals surface area contributed by atoms with E-state index >= 15 is 0 Å². The fourth-order valence-corrected chi connectivity index (χ4v) is 6.87. The van der Waals surface area contributed by atoms with Crippen LogP contribution in [0.15, 0.2) is 117 Å². The van der Waals surface area contributed by atoms with Crippen LogP contribution in [0.1, 0.15) is 18.1 Å². The van der Waals surface area contributed by atoms with Gasteiger partial charge in [0.1, 0.15) is 18.3 Å². The summed E-state index contributed by atoms with van der Waals surface area (Å²) in [7, 11) is -2.67. The van der Waals surface area contributed by atoms with Crippen LogP contribution in [-0.4, -0.2) is 57.6 Å². The van der Waals surface area contributed by atoms with Gasteiger partial charge in [-0.15, -0.1) is 11.8 Å². The Morgan fingerprint density at radius 3 is 2.11 bits per heavy atom. The third-order valence-electron chi connectivity index (χ3n) is 7.15. The Morgan fingerprint density at radius 1 is 0.889 bits per heavy atom. The minimum absolute atomic E-state index is 0.0496. The lowest BCUT2D eigenvalue weighted by Crippen LogP contribution is -2.53. The first-order valence-corrected chi connectivity index (χ1v) is 17.8. The lowest BCUT2D eigenvalue weighted by molar-refractivity contribution is -0.139. The first kappa shape index (κ1) is 34.1. The molecule has 1 unspecified atom stereocenters. The number of sulfonamides is 1. The van der Waals surface area contributed by atoms with Crippen molar-refractivity contribution in [1.29, 1.82) is 0 Å². The van der Waals surface area contributed by atoms with Gasteiger partial charge < -0.3 is 15.0 Å². The van der Waals surface area contributed by atoms with Crippen molar-refractivity contribution >= 4 is 55.2 Å². The summed E-state index contributed by atoms with van der Waals surface area (Å²) in [4.78, 5) is 30.2. The van der Waals surface area contributed by atoms with Gasteiger partial charge in [-0.3, -0.25) is 13.9 Å². The van der Waals surface area contributed by atoms with E-state index in [1.807, 2.05) is 67.8 Å². The molecule has 0 aliphatic rings. The lowest BCUT2D eigenvalue weighted by atomic mass is 10.0.